The van der Waals surface area contributed by atoms with E-state index in [1.54, 1.807) is 18.5 Å². The minimum absolute atomic E-state index is 0.209. The number of rotatable bonds is 2. The van der Waals surface area contributed by atoms with Gasteiger partial charge in [0.05, 0.1) is 12.4 Å². The van der Waals surface area contributed by atoms with E-state index in [0.717, 1.165) is 12.0 Å². The first-order chi connectivity index (χ1) is 6.81. The van der Waals surface area contributed by atoms with E-state index in [0.29, 0.717) is 5.69 Å². The fourth-order valence-electron chi connectivity index (χ4n) is 1.30. The SMILES string of the molecule is CCc1ccc(-n2nccn2)c(O)c1. The normalized spacial score (nSPS) is 10.4. The average molecular weight is 189 g/mol. The number of phenols is 1. The van der Waals surface area contributed by atoms with Crippen LogP contribution in [0.5, 0.6) is 5.75 Å². The van der Waals surface area contributed by atoms with E-state index in [1.807, 2.05) is 19.1 Å². The second-order valence-corrected chi connectivity index (χ2v) is 3.00. The van der Waals surface area contributed by atoms with Crippen molar-refractivity contribution in [2.45, 2.75) is 13.3 Å². The zero-order valence-corrected chi connectivity index (χ0v) is 7.88. The summed E-state index contributed by atoms with van der Waals surface area (Å²) < 4.78 is 0. The van der Waals surface area contributed by atoms with Crippen LogP contribution in [-0.4, -0.2) is 20.1 Å². The molecule has 2 rings (SSSR count). The Labute approximate surface area is 81.8 Å². The summed E-state index contributed by atoms with van der Waals surface area (Å²) in [4.78, 5) is 1.40. The van der Waals surface area contributed by atoms with Crippen LogP contribution >= 0.6 is 0 Å². The molecule has 0 saturated carbocycles. The minimum atomic E-state index is 0.209. The fourth-order valence-corrected chi connectivity index (χ4v) is 1.30. The van der Waals surface area contributed by atoms with Crippen molar-refractivity contribution in [3.8, 4) is 11.4 Å². The van der Waals surface area contributed by atoms with E-state index in [-0.39, 0.29) is 5.75 Å². The van der Waals surface area contributed by atoms with Gasteiger partial charge in [0, 0.05) is 0 Å². The van der Waals surface area contributed by atoms with Crippen LogP contribution in [0.4, 0.5) is 0 Å². The first-order valence-electron chi connectivity index (χ1n) is 4.50. The zero-order chi connectivity index (χ0) is 9.97. The van der Waals surface area contributed by atoms with Gasteiger partial charge in [0.1, 0.15) is 11.4 Å². The molecule has 14 heavy (non-hydrogen) atoms. The first-order valence-corrected chi connectivity index (χ1v) is 4.50. The molecule has 0 aliphatic carbocycles. The molecule has 0 aliphatic heterocycles. The van der Waals surface area contributed by atoms with E-state index in [9.17, 15) is 5.11 Å². The number of nitrogens with zero attached hydrogens (tertiary/aromatic N) is 3. The number of benzene rings is 1. The molecular weight excluding hydrogens is 178 g/mol. The monoisotopic (exact) mass is 189 g/mol. The molecule has 1 aromatic heterocycles. The van der Waals surface area contributed by atoms with E-state index >= 15 is 0 Å². The summed E-state index contributed by atoms with van der Waals surface area (Å²) in [5.74, 6) is 0.209. The number of hydrogen-bond acceptors (Lipinski definition) is 3. The quantitative estimate of drug-likeness (QED) is 0.779. The van der Waals surface area contributed by atoms with Gasteiger partial charge in [-0.15, -0.1) is 4.80 Å². The predicted octanol–water partition coefficient (Wildman–Crippen LogP) is 1.54. The second-order valence-electron chi connectivity index (χ2n) is 3.00. The van der Waals surface area contributed by atoms with Crippen molar-refractivity contribution >= 4 is 0 Å². The Morgan fingerprint density at radius 1 is 1.29 bits per heavy atom. The van der Waals surface area contributed by atoms with Crippen molar-refractivity contribution < 1.29 is 5.11 Å². The smallest absolute Gasteiger partial charge is 0.143 e. The third-order valence-electron chi connectivity index (χ3n) is 2.08. The maximum Gasteiger partial charge on any atom is 0.143 e. The van der Waals surface area contributed by atoms with Gasteiger partial charge in [-0.1, -0.05) is 13.0 Å². The third-order valence-corrected chi connectivity index (χ3v) is 2.08. The van der Waals surface area contributed by atoms with Gasteiger partial charge in [-0.25, -0.2) is 0 Å². The molecule has 0 spiro atoms. The van der Waals surface area contributed by atoms with Crippen molar-refractivity contribution in [2.75, 3.05) is 0 Å². The van der Waals surface area contributed by atoms with Gasteiger partial charge in [0.15, 0.2) is 0 Å². The molecule has 0 aliphatic rings. The van der Waals surface area contributed by atoms with Gasteiger partial charge in [-0.2, -0.15) is 10.2 Å². The molecule has 0 atom stereocenters. The van der Waals surface area contributed by atoms with Gasteiger partial charge >= 0.3 is 0 Å². The summed E-state index contributed by atoms with van der Waals surface area (Å²) in [6.07, 6.45) is 4.06. The highest BCUT2D eigenvalue weighted by atomic mass is 16.3. The molecule has 72 valence electrons. The Bertz CT molecular complexity index is 423. The number of phenolic OH excluding ortho intramolecular Hbond substituents is 1. The Hall–Kier alpha value is -1.84. The standard InChI is InChI=1S/C10H11N3O/c1-2-8-3-4-9(10(14)7-8)13-11-5-6-12-13/h3-7,14H,2H2,1H3. The van der Waals surface area contributed by atoms with Crippen LogP contribution in [0.3, 0.4) is 0 Å². The van der Waals surface area contributed by atoms with E-state index < -0.39 is 0 Å². The molecule has 1 aromatic carbocycles. The highest BCUT2D eigenvalue weighted by molar-refractivity contribution is 5.46. The zero-order valence-electron chi connectivity index (χ0n) is 7.88. The van der Waals surface area contributed by atoms with Crippen LogP contribution in [-0.2, 0) is 6.42 Å². The first kappa shape index (κ1) is 8.74. The lowest BCUT2D eigenvalue weighted by atomic mass is 10.1. The van der Waals surface area contributed by atoms with Crippen LogP contribution in [0.2, 0.25) is 0 Å². The van der Waals surface area contributed by atoms with E-state index in [1.165, 1.54) is 4.80 Å². The number of aromatic hydroxyl groups is 1. The Morgan fingerprint density at radius 2 is 2.00 bits per heavy atom. The lowest BCUT2D eigenvalue weighted by molar-refractivity contribution is 0.466. The largest absolute Gasteiger partial charge is 0.506 e. The van der Waals surface area contributed by atoms with Crippen LogP contribution in [0, 0.1) is 0 Å². The maximum atomic E-state index is 9.69. The highest BCUT2D eigenvalue weighted by Gasteiger charge is 2.04. The number of aryl methyl sites for hydroxylation is 1. The average Bonchev–Trinajstić information content (AvgIpc) is 2.70. The molecule has 0 unspecified atom stereocenters. The number of hydrogen-bond donors (Lipinski definition) is 1. The predicted molar refractivity (Wildman–Crippen MR) is 52.4 cm³/mol. The maximum absolute atomic E-state index is 9.69. The molecular formula is C10H11N3O. The molecule has 2 aromatic rings. The van der Waals surface area contributed by atoms with Crippen LogP contribution in [0.15, 0.2) is 30.6 Å². The summed E-state index contributed by atoms with van der Waals surface area (Å²) >= 11 is 0. The Morgan fingerprint density at radius 3 is 2.57 bits per heavy atom. The molecule has 4 heteroatoms. The number of aromatic nitrogens is 3. The van der Waals surface area contributed by atoms with Crippen LogP contribution < -0.4 is 0 Å². The molecule has 0 radical (unpaired) electrons. The van der Waals surface area contributed by atoms with Gasteiger partial charge in [-0.3, -0.25) is 0 Å². The van der Waals surface area contributed by atoms with E-state index in [4.69, 9.17) is 0 Å². The Balaban J connectivity index is 2.46. The van der Waals surface area contributed by atoms with Gasteiger partial charge in [-0.05, 0) is 24.1 Å². The summed E-state index contributed by atoms with van der Waals surface area (Å²) in [6, 6.07) is 5.51. The summed E-state index contributed by atoms with van der Waals surface area (Å²) in [5, 5.41) is 17.6. The van der Waals surface area contributed by atoms with Crippen LogP contribution in [0.25, 0.3) is 5.69 Å². The summed E-state index contributed by atoms with van der Waals surface area (Å²) in [6.45, 7) is 2.04. The van der Waals surface area contributed by atoms with Crippen molar-refractivity contribution in [3.05, 3.63) is 36.2 Å². The van der Waals surface area contributed by atoms with Crippen molar-refractivity contribution in [2.24, 2.45) is 0 Å². The third kappa shape index (κ3) is 1.46. The lowest BCUT2D eigenvalue weighted by Gasteiger charge is -2.04. The molecule has 0 amide bonds. The minimum Gasteiger partial charge on any atom is -0.506 e. The molecule has 0 saturated heterocycles. The summed E-state index contributed by atoms with van der Waals surface area (Å²) in [5.41, 5.74) is 1.70. The lowest BCUT2D eigenvalue weighted by Crippen LogP contribution is -1.98. The van der Waals surface area contributed by atoms with Gasteiger partial charge in [0.2, 0.25) is 0 Å². The second kappa shape index (κ2) is 3.49. The molecule has 0 bridgehead atoms. The summed E-state index contributed by atoms with van der Waals surface area (Å²) in [7, 11) is 0. The fraction of sp³-hybridized carbons (Fsp3) is 0.200. The molecule has 1 N–H and O–H groups in total. The van der Waals surface area contributed by atoms with Crippen molar-refractivity contribution in [3.63, 3.8) is 0 Å². The van der Waals surface area contributed by atoms with Crippen LogP contribution in [0.1, 0.15) is 12.5 Å². The highest BCUT2D eigenvalue weighted by Crippen LogP contribution is 2.21. The van der Waals surface area contributed by atoms with Crippen molar-refractivity contribution in [1.29, 1.82) is 0 Å². The molecule has 1 heterocycles. The van der Waals surface area contributed by atoms with Gasteiger partial charge in [0.25, 0.3) is 0 Å². The topological polar surface area (TPSA) is 50.9 Å². The molecule has 4 nitrogen and oxygen atoms in total. The molecule has 0 fully saturated rings. The van der Waals surface area contributed by atoms with Crippen molar-refractivity contribution in [1.82, 2.24) is 15.0 Å². The van der Waals surface area contributed by atoms with E-state index in [2.05, 4.69) is 10.2 Å². The van der Waals surface area contributed by atoms with Gasteiger partial charge < -0.3 is 5.11 Å². The Kier molecular flexibility index (Phi) is 2.18.